The van der Waals surface area contributed by atoms with E-state index in [0.29, 0.717) is 16.7 Å². The van der Waals surface area contributed by atoms with Crippen LogP contribution in [0, 0.1) is 5.82 Å². The summed E-state index contributed by atoms with van der Waals surface area (Å²) >= 11 is 0. The number of hydrogen-bond donors (Lipinski definition) is 1. The average Bonchev–Trinajstić information content (AvgIpc) is 2.37. The Labute approximate surface area is 119 Å². The molecule has 0 amide bonds. The molecule has 2 rings (SSSR count). The molecule has 0 bridgehead atoms. The second kappa shape index (κ2) is 6.24. The van der Waals surface area contributed by atoms with E-state index in [-0.39, 0.29) is 19.0 Å². The molecule has 2 aromatic rings. The molecule has 1 nitrogen and oxygen atoms in total. The topological polar surface area (TPSA) is 26.0 Å². The van der Waals surface area contributed by atoms with E-state index in [2.05, 4.69) is 0 Å². The van der Waals surface area contributed by atoms with Crippen molar-refractivity contribution in [1.29, 1.82) is 0 Å². The molecule has 0 saturated heterocycles. The number of hydrogen-bond acceptors (Lipinski definition) is 1. The summed E-state index contributed by atoms with van der Waals surface area (Å²) in [6.07, 6.45) is -4.42. The fraction of sp³-hybridized carbons (Fsp3) is 0.143. The van der Waals surface area contributed by atoms with Crippen LogP contribution in [0.2, 0.25) is 0 Å². The monoisotopic (exact) mass is 305 g/mol. The van der Waals surface area contributed by atoms with Gasteiger partial charge in [0.15, 0.2) is 0 Å². The van der Waals surface area contributed by atoms with Crippen molar-refractivity contribution in [1.82, 2.24) is 0 Å². The van der Waals surface area contributed by atoms with E-state index in [4.69, 9.17) is 5.73 Å². The van der Waals surface area contributed by atoms with Gasteiger partial charge in [0, 0.05) is 6.54 Å². The van der Waals surface area contributed by atoms with Gasteiger partial charge in [-0.3, -0.25) is 0 Å². The van der Waals surface area contributed by atoms with Crippen molar-refractivity contribution < 1.29 is 17.6 Å². The smallest absolute Gasteiger partial charge is 0.326 e. The first-order valence-electron chi connectivity index (χ1n) is 5.57. The first-order valence-corrected chi connectivity index (χ1v) is 5.57. The number of rotatable bonds is 2. The molecule has 0 radical (unpaired) electrons. The van der Waals surface area contributed by atoms with Gasteiger partial charge in [0.25, 0.3) is 0 Å². The Balaban J connectivity index is 0.00000200. The van der Waals surface area contributed by atoms with Gasteiger partial charge in [0.2, 0.25) is 0 Å². The molecular weight excluding hydrogens is 294 g/mol. The minimum atomic E-state index is -4.42. The first kappa shape index (κ1) is 16.5. The second-order valence-electron chi connectivity index (χ2n) is 4.13. The zero-order valence-electron chi connectivity index (χ0n) is 10.2. The number of benzene rings is 2. The van der Waals surface area contributed by atoms with Crippen molar-refractivity contribution in [3.8, 4) is 11.1 Å². The van der Waals surface area contributed by atoms with Crippen molar-refractivity contribution >= 4 is 12.4 Å². The Morgan fingerprint density at radius 3 is 2.25 bits per heavy atom. The third-order valence-corrected chi connectivity index (χ3v) is 2.72. The van der Waals surface area contributed by atoms with Crippen LogP contribution in [-0.2, 0) is 12.7 Å². The van der Waals surface area contributed by atoms with Crippen molar-refractivity contribution in [3.63, 3.8) is 0 Å². The van der Waals surface area contributed by atoms with Crippen LogP contribution in [-0.4, -0.2) is 0 Å². The third-order valence-electron chi connectivity index (χ3n) is 2.72. The van der Waals surface area contributed by atoms with Gasteiger partial charge in [-0.15, -0.1) is 12.4 Å². The minimum absolute atomic E-state index is 0. The maximum Gasteiger partial charge on any atom is 0.416 e. The van der Waals surface area contributed by atoms with E-state index in [1.807, 2.05) is 0 Å². The van der Waals surface area contributed by atoms with Gasteiger partial charge in [-0.05, 0) is 47.0 Å². The van der Waals surface area contributed by atoms with E-state index in [9.17, 15) is 17.6 Å². The van der Waals surface area contributed by atoms with E-state index in [1.165, 1.54) is 24.3 Å². The molecular formula is C14H12ClF4N. The van der Waals surface area contributed by atoms with Crippen LogP contribution in [0.5, 0.6) is 0 Å². The zero-order valence-corrected chi connectivity index (χ0v) is 11.1. The van der Waals surface area contributed by atoms with Gasteiger partial charge in [0.1, 0.15) is 5.82 Å². The van der Waals surface area contributed by atoms with Gasteiger partial charge < -0.3 is 5.73 Å². The zero-order chi connectivity index (χ0) is 14.0. The molecule has 0 spiro atoms. The predicted molar refractivity (Wildman–Crippen MR) is 72.0 cm³/mol. The summed E-state index contributed by atoms with van der Waals surface area (Å²) in [7, 11) is 0. The summed E-state index contributed by atoms with van der Waals surface area (Å²) < 4.78 is 51.2. The van der Waals surface area contributed by atoms with Crippen LogP contribution in [0.15, 0.2) is 42.5 Å². The second-order valence-corrected chi connectivity index (χ2v) is 4.13. The van der Waals surface area contributed by atoms with Crippen molar-refractivity contribution in [2.75, 3.05) is 0 Å². The summed E-state index contributed by atoms with van der Waals surface area (Å²) in [5.41, 5.74) is 5.88. The van der Waals surface area contributed by atoms with Gasteiger partial charge in [-0.25, -0.2) is 4.39 Å². The Morgan fingerprint density at radius 2 is 1.65 bits per heavy atom. The molecule has 0 aliphatic heterocycles. The van der Waals surface area contributed by atoms with Crippen LogP contribution in [0.1, 0.15) is 11.1 Å². The minimum Gasteiger partial charge on any atom is -0.326 e. The molecule has 0 unspecified atom stereocenters. The predicted octanol–water partition coefficient (Wildman–Crippen LogP) is 4.39. The molecule has 0 aliphatic rings. The van der Waals surface area contributed by atoms with Gasteiger partial charge in [-0.2, -0.15) is 13.2 Å². The lowest BCUT2D eigenvalue weighted by atomic mass is 10.0. The summed E-state index contributed by atoms with van der Waals surface area (Å²) in [6.45, 7) is 0.129. The highest BCUT2D eigenvalue weighted by Gasteiger charge is 2.30. The quantitative estimate of drug-likeness (QED) is 0.818. The maximum atomic E-state index is 13.4. The number of alkyl halides is 3. The Hall–Kier alpha value is -1.59. The Kier molecular flexibility index (Phi) is 5.14. The van der Waals surface area contributed by atoms with Gasteiger partial charge >= 0.3 is 6.18 Å². The summed E-state index contributed by atoms with van der Waals surface area (Å²) in [5.74, 6) is -0.518. The molecule has 2 aromatic carbocycles. The Morgan fingerprint density at radius 1 is 0.950 bits per heavy atom. The molecule has 108 valence electrons. The molecule has 0 atom stereocenters. The SMILES string of the molecule is Cl.NCc1cc(F)cc(-c2cccc(C(F)(F)F)c2)c1. The Bertz CT molecular complexity index is 596. The molecule has 6 heteroatoms. The van der Waals surface area contributed by atoms with E-state index < -0.39 is 17.6 Å². The van der Waals surface area contributed by atoms with E-state index in [0.717, 1.165) is 12.1 Å². The van der Waals surface area contributed by atoms with Crippen molar-refractivity contribution in [2.24, 2.45) is 5.73 Å². The molecule has 0 heterocycles. The first-order chi connectivity index (χ1) is 8.90. The van der Waals surface area contributed by atoms with Crippen LogP contribution >= 0.6 is 12.4 Å². The van der Waals surface area contributed by atoms with Crippen molar-refractivity contribution in [3.05, 3.63) is 59.4 Å². The molecule has 0 saturated carbocycles. The largest absolute Gasteiger partial charge is 0.416 e. The fourth-order valence-corrected chi connectivity index (χ4v) is 1.81. The number of nitrogens with two attached hydrogens (primary N) is 1. The van der Waals surface area contributed by atoms with Crippen LogP contribution < -0.4 is 5.73 Å². The standard InChI is InChI=1S/C14H11F4N.ClH/c15-13-5-9(8-19)4-11(7-13)10-2-1-3-12(6-10)14(16,17)18;/h1-7H,8,19H2;1H. The summed E-state index contributed by atoms with van der Waals surface area (Å²) in [4.78, 5) is 0. The summed E-state index contributed by atoms with van der Waals surface area (Å²) in [5, 5.41) is 0. The molecule has 0 aromatic heterocycles. The number of halogens is 5. The van der Waals surface area contributed by atoms with Crippen LogP contribution in [0.25, 0.3) is 11.1 Å². The van der Waals surface area contributed by atoms with Crippen molar-refractivity contribution in [2.45, 2.75) is 12.7 Å². The highest BCUT2D eigenvalue weighted by molar-refractivity contribution is 5.85. The lowest BCUT2D eigenvalue weighted by Crippen LogP contribution is -2.04. The maximum absolute atomic E-state index is 13.4. The van der Waals surface area contributed by atoms with Crippen LogP contribution in [0.4, 0.5) is 17.6 Å². The highest BCUT2D eigenvalue weighted by atomic mass is 35.5. The summed E-state index contributed by atoms with van der Waals surface area (Å²) in [6, 6.07) is 8.81. The average molecular weight is 306 g/mol. The molecule has 2 N–H and O–H groups in total. The molecule has 20 heavy (non-hydrogen) atoms. The lowest BCUT2D eigenvalue weighted by Gasteiger charge is -2.10. The van der Waals surface area contributed by atoms with Gasteiger partial charge in [0.05, 0.1) is 5.56 Å². The normalized spacial score (nSPS) is 11.1. The fourth-order valence-electron chi connectivity index (χ4n) is 1.81. The molecule has 0 fully saturated rings. The lowest BCUT2D eigenvalue weighted by molar-refractivity contribution is -0.137. The van der Waals surface area contributed by atoms with E-state index >= 15 is 0 Å². The van der Waals surface area contributed by atoms with Crippen LogP contribution in [0.3, 0.4) is 0 Å². The molecule has 0 aliphatic carbocycles. The van der Waals surface area contributed by atoms with Gasteiger partial charge in [-0.1, -0.05) is 12.1 Å². The van der Waals surface area contributed by atoms with E-state index in [1.54, 1.807) is 6.07 Å². The third kappa shape index (κ3) is 3.71. The highest BCUT2D eigenvalue weighted by Crippen LogP contribution is 2.32.